The predicted molar refractivity (Wildman–Crippen MR) is 368 cm³/mol. The van der Waals surface area contributed by atoms with E-state index in [0.717, 1.165) is 167 Å². The van der Waals surface area contributed by atoms with E-state index < -0.39 is 37.0 Å². The molecule has 24 unspecified atom stereocenters. The van der Waals surface area contributed by atoms with Crippen LogP contribution in [0.25, 0.3) is 10.6 Å². The van der Waals surface area contributed by atoms with E-state index in [2.05, 4.69) is 156 Å². The number of nitrogens with zero attached hydrogens (tertiary/aromatic N) is 2. The predicted octanol–water partition coefficient (Wildman–Crippen LogP) is 24.7. The average Bonchev–Trinajstić information content (AvgIpc) is 4.07. The summed E-state index contributed by atoms with van der Waals surface area (Å²) in [6.07, 6.45) is 18.7. The molecule has 0 amide bonds. The number of halogens is 6. The maximum Gasteiger partial charge on any atom is 4.00 e. The van der Waals surface area contributed by atoms with Gasteiger partial charge in [0.2, 0.25) is 0 Å². The minimum Gasteiger partial charge on any atom is -0.684 e. The third-order valence-electron chi connectivity index (χ3n) is 22.0. The minimum absolute atomic E-state index is 0. The van der Waals surface area contributed by atoms with Crippen LogP contribution in [0.1, 0.15) is 139 Å². The largest absolute Gasteiger partial charge is 4.00 e. The quantitative estimate of drug-likeness (QED) is 0.0982. The van der Waals surface area contributed by atoms with Gasteiger partial charge in [-0.1, -0.05) is 212 Å². The monoisotopic (exact) mass is 1570 g/mol. The van der Waals surface area contributed by atoms with Crippen LogP contribution in [0.4, 0.5) is 11.4 Å². The van der Waals surface area contributed by atoms with Gasteiger partial charge in [0.25, 0.3) is 0 Å². The van der Waals surface area contributed by atoms with Crippen molar-refractivity contribution in [1.82, 2.24) is 0 Å². The average molecular weight is 1570 g/mol. The molecule has 8 saturated carbocycles. The molecule has 2 aromatic rings. The Morgan fingerprint density at radius 3 is 0.823 bits per heavy atom. The van der Waals surface area contributed by atoms with E-state index in [1.54, 1.807) is 0 Å². The standard InChI is InChI=1S/2C24H42Br2Si.C15H16N2.4CH3.2ClH.2Zr/c2*1-13-7-19-17(21(25)9-13)11-15(3)23(19)27(5,6)24-16(4)12-18-20(24)8-14(2)10-22(18)26;1-3-8-14(9-4-1)16-12-7-13-17-15-10-5-2-6-11-15;;;;;;;;/h2*13-24H,7-12H2,1-6H3;1-6,8-11H,7,12-13H2;4*1H3;2*1H;;/q;;-2;4*-1;;;2*+4/p-2. The Morgan fingerprint density at radius 2 is 0.608 bits per heavy atom. The maximum absolute atomic E-state index is 4.93. The molecule has 0 N–H and O–H groups in total. The summed E-state index contributed by atoms with van der Waals surface area (Å²) in [6, 6.07) is 20.1. The molecule has 0 aliphatic heterocycles. The van der Waals surface area contributed by atoms with Crippen molar-refractivity contribution in [2.75, 3.05) is 13.1 Å². The number of alkyl halides is 4. The SMILES string of the molecule is CC1CC(Br)C2CC(C)C([Si](C)(C)C3C(C)CC4C(Br)CC(C)CC43)C2C1.CC1CC(Br)C2CC(C)C([Si](C)(C)C3C(C)CC4C(Br)CC(C)CC43)C2C1.[CH3-].[CH3-].[CH3-].[CH3-].[Cl][Zr+2][Cl].[Zr+4].c1ccc([N-]CCC[N-]c2ccccc2)cc1. The van der Waals surface area contributed by atoms with Crippen LogP contribution in [0.2, 0.25) is 48.4 Å². The number of hydrogen-bond acceptors (Lipinski definition) is 0. The topological polar surface area (TPSA) is 28.2 Å². The first kappa shape index (κ1) is 77.8. The molecule has 79 heavy (non-hydrogen) atoms. The van der Waals surface area contributed by atoms with Crippen LogP contribution in [0.3, 0.4) is 0 Å². The zero-order valence-electron chi connectivity index (χ0n) is 52.4. The van der Waals surface area contributed by atoms with Crippen LogP contribution in [0, 0.1) is 124 Å². The van der Waals surface area contributed by atoms with Crippen LogP contribution < -0.4 is 0 Å². The molecule has 2 aromatic carbocycles. The van der Waals surface area contributed by atoms with E-state index in [0.29, 0.717) is 0 Å². The molecule has 2 nitrogen and oxygen atoms in total. The molecule has 0 heterocycles. The molecule has 448 valence electrons. The molecular weight excluding hydrogens is 1460 g/mol. The summed E-state index contributed by atoms with van der Waals surface area (Å²) in [5.74, 6) is 15.4. The van der Waals surface area contributed by atoms with Crippen molar-refractivity contribution < 1.29 is 47.1 Å². The van der Waals surface area contributed by atoms with Crippen LogP contribution in [-0.4, -0.2) is 48.5 Å². The van der Waals surface area contributed by atoms with Crippen molar-refractivity contribution in [3.05, 3.63) is 101 Å². The second kappa shape index (κ2) is 35.2. The zero-order valence-corrected chi connectivity index (χ0v) is 67.2. The van der Waals surface area contributed by atoms with E-state index in [1.165, 1.54) is 77.0 Å². The van der Waals surface area contributed by atoms with Gasteiger partial charge in [-0.2, -0.15) is 0 Å². The number of benzene rings is 2. The summed E-state index contributed by atoms with van der Waals surface area (Å²) in [6.45, 7) is 33.6. The van der Waals surface area contributed by atoms with E-state index in [4.69, 9.17) is 17.0 Å². The van der Waals surface area contributed by atoms with Crippen molar-refractivity contribution in [1.29, 1.82) is 0 Å². The van der Waals surface area contributed by atoms with Crippen molar-refractivity contribution in [3.63, 3.8) is 0 Å². The molecule has 10 rings (SSSR count). The Kier molecular flexibility index (Phi) is 34.7. The third kappa shape index (κ3) is 18.9. The van der Waals surface area contributed by atoms with Gasteiger partial charge in [-0.05, 0) is 194 Å². The number of fused-ring (bicyclic) bond motifs is 4. The second-order valence-corrected chi connectivity index (χ2v) is 46.5. The summed E-state index contributed by atoms with van der Waals surface area (Å²) in [4.78, 5) is 3.16. The molecule has 12 heteroatoms. The van der Waals surface area contributed by atoms with Crippen LogP contribution >= 0.6 is 80.7 Å². The first-order valence-corrected chi connectivity index (χ1v) is 46.4. The van der Waals surface area contributed by atoms with Gasteiger partial charge in [0, 0.05) is 19.3 Å². The summed E-state index contributed by atoms with van der Waals surface area (Å²) in [5, 5.41) is 8.95. The van der Waals surface area contributed by atoms with E-state index in [1.807, 2.05) is 60.7 Å². The fourth-order valence-corrected chi connectivity index (χ4v) is 38.6. The van der Waals surface area contributed by atoms with Crippen LogP contribution in [-0.2, 0) is 47.1 Å². The number of rotatable bonds is 10. The second-order valence-electron chi connectivity index (χ2n) is 28.1. The van der Waals surface area contributed by atoms with Gasteiger partial charge < -0.3 is 40.3 Å². The summed E-state index contributed by atoms with van der Waals surface area (Å²) in [7, 11) is 7.19. The fraction of sp³-hybridized carbons (Fsp3) is 0.761. The Hall–Kier alpha value is 2.74. The van der Waals surface area contributed by atoms with Gasteiger partial charge in [-0.3, -0.25) is 0 Å². The summed E-state index contributed by atoms with van der Waals surface area (Å²) in [5.41, 5.74) is 6.33. The first-order valence-electron chi connectivity index (χ1n) is 30.1. The van der Waals surface area contributed by atoms with E-state index in [-0.39, 0.29) is 55.9 Å². The third-order valence-corrected chi connectivity index (χ3v) is 37.1. The fourth-order valence-electron chi connectivity index (χ4n) is 20.3. The van der Waals surface area contributed by atoms with Gasteiger partial charge in [0.05, 0.1) is 16.1 Å². The Balaban J connectivity index is 0.000000392. The Morgan fingerprint density at radius 1 is 0.392 bits per heavy atom. The molecule has 0 bridgehead atoms. The van der Waals surface area contributed by atoms with Crippen LogP contribution in [0.5, 0.6) is 0 Å². The zero-order chi connectivity index (χ0) is 53.8. The van der Waals surface area contributed by atoms with E-state index >= 15 is 0 Å². The number of hydrogen-bond donors (Lipinski definition) is 0. The van der Waals surface area contributed by atoms with Crippen molar-refractivity contribution in [3.8, 4) is 0 Å². The van der Waals surface area contributed by atoms with Crippen LogP contribution in [0.15, 0.2) is 60.7 Å². The molecular formula is C67H112Br4Cl2N2Si2Zr2. The molecule has 0 radical (unpaired) electrons. The van der Waals surface area contributed by atoms with Crippen molar-refractivity contribution in [2.45, 2.75) is 207 Å². The van der Waals surface area contributed by atoms with Gasteiger partial charge >= 0.3 is 64.1 Å². The Bertz CT molecular complexity index is 1770. The first-order chi connectivity index (χ1) is 35.1. The normalized spacial score (nSPS) is 40.5. The van der Waals surface area contributed by atoms with Gasteiger partial charge in [0.1, 0.15) is 0 Å². The van der Waals surface area contributed by atoms with Gasteiger partial charge in [-0.15, -0.1) is 24.5 Å². The molecule has 24 atom stereocenters. The molecule has 8 aliphatic rings. The molecule has 0 aromatic heterocycles. The van der Waals surface area contributed by atoms with Gasteiger partial charge in [0.15, 0.2) is 0 Å². The van der Waals surface area contributed by atoms with E-state index in [9.17, 15) is 0 Å². The summed E-state index contributed by atoms with van der Waals surface area (Å²) >= 11 is 15.7. The Labute approximate surface area is 564 Å². The number of para-hydroxylation sites is 2. The smallest absolute Gasteiger partial charge is 0.684 e. The molecule has 8 fully saturated rings. The maximum atomic E-state index is 4.93. The molecule has 8 aliphatic carbocycles. The molecule has 0 spiro atoms. The van der Waals surface area contributed by atoms with Gasteiger partial charge in [-0.25, -0.2) is 0 Å². The minimum atomic E-state index is -1.34. The summed E-state index contributed by atoms with van der Waals surface area (Å²) < 4.78 is 0. The van der Waals surface area contributed by atoms with Crippen molar-refractivity contribution in [2.24, 2.45) is 94.7 Å². The molecule has 0 saturated heterocycles. The van der Waals surface area contributed by atoms with Crippen molar-refractivity contribution >= 4 is 108 Å².